The summed E-state index contributed by atoms with van der Waals surface area (Å²) in [6.45, 7) is 5.15. The van der Waals surface area contributed by atoms with Crippen LogP contribution in [0.3, 0.4) is 0 Å². The van der Waals surface area contributed by atoms with Gasteiger partial charge in [-0.3, -0.25) is 9.69 Å². The van der Waals surface area contributed by atoms with Gasteiger partial charge in [0, 0.05) is 26.2 Å². The minimum absolute atomic E-state index is 0.0744. The average molecular weight is 275 g/mol. The normalized spacial score (nSPS) is 16.7. The quantitative estimate of drug-likeness (QED) is 0.888. The lowest BCUT2D eigenvalue weighted by Gasteiger charge is -2.28. The Bertz CT molecular complexity index is 455. The third kappa shape index (κ3) is 3.58. The van der Waals surface area contributed by atoms with E-state index < -0.39 is 0 Å². The Balaban J connectivity index is 1.95. The number of hydrogen-bond acceptors (Lipinski definition) is 3. The van der Waals surface area contributed by atoms with Gasteiger partial charge in [0.05, 0.1) is 6.04 Å². The number of nitrogens with two attached hydrogens (primary N) is 1. The van der Waals surface area contributed by atoms with Gasteiger partial charge in [-0.2, -0.15) is 0 Å². The van der Waals surface area contributed by atoms with Gasteiger partial charge in [0.15, 0.2) is 0 Å². The molecule has 0 radical (unpaired) electrons. The highest BCUT2D eigenvalue weighted by Gasteiger charge is 2.25. The third-order valence-electron chi connectivity index (χ3n) is 4.10. The predicted octanol–water partition coefficient (Wildman–Crippen LogP) is 1.59. The molecular formula is C16H25N3O. The molecule has 1 fully saturated rings. The molecule has 1 aliphatic rings. The molecular weight excluding hydrogens is 250 g/mol. The van der Waals surface area contributed by atoms with Crippen molar-refractivity contribution in [2.75, 3.05) is 20.1 Å². The smallest absolute Gasteiger partial charge is 0.239 e. The van der Waals surface area contributed by atoms with Crippen LogP contribution in [0.2, 0.25) is 0 Å². The second kappa shape index (κ2) is 6.86. The number of rotatable bonds is 5. The molecule has 0 aromatic heterocycles. The third-order valence-corrected chi connectivity index (χ3v) is 4.10. The Morgan fingerprint density at radius 3 is 2.65 bits per heavy atom. The summed E-state index contributed by atoms with van der Waals surface area (Å²) in [5, 5.41) is 0. The standard InChI is InChI=1S/C16H25N3O/c1-13(16(20)19-8-3-4-9-19)18(2)12-15-7-5-6-14(10-15)11-17/h5-7,10,13H,3-4,8-9,11-12,17H2,1-2H3. The van der Waals surface area contributed by atoms with Gasteiger partial charge >= 0.3 is 0 Å². The topological polar surface area (TPSA) is 49.6 Å². The van der Waals surface area contributed by atoms with Gasteiger partial charge in [-0.25, -0.2) is 0 Å². The van der Waals surface area contributed by atoms with E-state index in [0.29, 0.717) is 6.54 Å². The number of likely N-dealkylation sites (tertiary alicyclic amines) is 1. The van der Waals surface area contributed by atoms with Gasteiger partial charge in [0.1, 0.15) is 0 Å². The van der Waals surface area contributed by atoms with Crippen LogP contribution >= 0.6 is 0 Å². The summed E-state index contributed by atoms with van der Waals surface area (Å²) in [4.78, 5) is 16.5. The summed E-state index contributed by atoms with van der Waals surface area (Å²) >= 11 is 0. The summed E-state index contributed by atoms with van der Waals surface area (Å²) in [5.74, 6) is 0.250. The maximum absolute atomic E-state index is 12.4. The van der Waals surface area contributed by atoms with Gasteiger partial charge in [0.2, 0.25) is 5.91 Å². The highest BCUT2D eigenvalue weighted by Crippen LogP contribution is 2.14. The molecule has 1 saturated heterocycles. The summed E-state index contributed by atoms with van der Waals surface area (Å²) in [6.07, 6.45) is 2.28. The van der Waals surface area contributed by atoms with Gasteiger partial charge in [-0.1, -0.05) is 24.3 Å². The maximum Gasteiger partial charge on any atom is 0.239 e. The SMILES string of the molecule is CC(C(=O)N1CCCC1)N(C)Cc1cccc(CN)c1. The first kappa shape index (κ1) is 15.0. The van der Waals surface area contributed by atoms with Crippen molar-refractivity contribution >= 4 is 5.91 Å². The molecule has 2 rings (SSSR count). The summed E-state index contributed by atoms with van der Waals surface area (Å²) < 4.78 is 0. The molecule has 0 bridgehead atoms. The fourth-order valence-corrected chi connectivity index (χ4v) is 2.67. The molecule has 1 aromatic rings. The van der Waals surface area contributed by atoms with E-state index in [1.54, 1.807) is 0 Å². The zero-order valence-corrected chi connectivity index (χ0v) is 12.5. The molecule has 1 heterocycles. The van der Waals surface area contributed by atoms with E-state index in [2.05, 4.69) is 17.0 Å². The van der Waals surface area contributed by atoms with E-state index in [1.165, 1.54) is 5.56 Å². The molecule has 20 heavy (non-hydrogen) atoms. The van der Waals surface area contributed by atoms with Crippen LogP contribution in [0.1, 0.15) is 30.9 Å². The summed E-state index contributed by atoms with van der Waals surface area (Å²) in [5.41, 5.74) is 8.00. The number of amides is 1. The van der Waals surface area contributed by atoms with E-state index in [1.807, 2.05) is 31.0 Å². The van der Waals surface area contributed by atoms with E-state index in [9.17, 15) is 4.79 Å². The Morgan fingerprint density at radius 2 is 2.00 bits per heavy atom. The van der Waals surface area contributed by atoms with Crippen LogP contribution in [0.25, 0.3) is 0 Å². The molecule has 1 atom stereocenters. The first-order valence-corrected chi connectivity index (χ1v) is 7.38. The van der Waals surface area contributed by atoms with Crippen LogP contribution in [0.4, 0.5) is 0 Å². The molecule has 0 saturated carbocycles. The maximum atomic E-state index is 12.4. The minimum Gasteiger partial charge on any atom is -0.341 e. The van der Waals surface area contributed by atoms with Crippen LogP contribution in [0, 0.1) is 0 Å². The Labute approximate surface area is 121 Å². The van der Waals surface area contributed by atoms with Crippen LogP contribution < -0.4 is 5.73 Å². The van der Waals surface area contributed by atoms with Crippen molar-refractivity contribution in [1.29, 1.82) is 0 Å². The monoisotopic (exact) mass is 275 g/mol. The molecule has 1 amide bonds. The number of carbonyl (C=O) groups is 1. The molecule has 110 valence electrons. The van der Waals surface area contributed by atoms with Gasteiger partial charge in [0.25, 0.3) is 0 Å². The highest BCUT2D eigenvalue weighted by atomic mass is 16.2. The van der Waals surface area contributed by atoms with Crippen LogP contribution in [-0.4, -0.2) is 41.9 Å². The van der Waals surface area contributed by atoms with Crippen molar-refractivity contribution < 1.29 is 4.79 Å². The first-order chi connectivity index (χ1) is 9.61. The Hall–Kier alpha value is -1.39. The molecule has 0 aliphatic carbocycles. The molecule has 1 unspecified atom stereocenters. The number of carbonyl (C=O) groups excluding carboxylic acids is 1. The van der Waals surface area contributed by atoms with Crippen LogP contribution in [0.5, 0.6) is 0 Å². The molecule has 1 aromatic carbocycles. The lowest BCUT2D eigenvalue weighted by molar-refractivity contribution is -0.135. The van der Waals surface area contributed by atoms with Gasteiger partial charge in [-0.15, -0.1) is 0 Å². The number of benzene rings is 1. The first-order valence-electron chi connectivity index (χ1n) is 7.38. The van der Waals surface area contributed by atoms with Crippen LogP contribution in [-0.2, 0) is 17.9 Å². The molecule has 1 aliphatic heterocycles. The summed E-state index contributed by atoms with van der Waals surface area (Å²) in [6, 6.07) is 8.18. The fourth-order valence-electron chi connectivity index (χ4n) is 2.67. The van der Waals surface area contributed by atoms with Crippen molar-refractivity contribution in [3.63, 3.8) is 0 Å². The number of hydrogen-bond donors (Lipinski definition) is 1. The zero-order valence-electron chi connectivity index (χ0n) is 12.5. The van der Waals surface area contributed by atoms with E-state index in [4.69, 9.17) is 5.73 Å². The summed E-state index contributed by atoms with van der Waals surface area (Å²) in [7, 11) is 2.01. The fraction of sp³-hybridized carbons (Fsp3) is 0.562. The van der Waals surface area contributed by atoms with Crippen LogP contribution in [0.15, 0.2) is 24.3 Å². The Kier molecular flexibility index (Phi) is 5.15. The average Bonchev–Trinajstić information content (AvgIpc) is 3.00. The largest absolute Gasteiger partial charge is 0.341 e. The number of nitrogens with zero attached hydrogens (tertiary/aromatic N) is 2. The predicted molar refractivity (Wildman–Crippen MR) is 81.1 cm³/mol. The van der Waals surface area contributed by atoms with E-state index in [-0.39, 0.29) is 11.9 Å². The van der Waals surface area contributed by atoms with Gasteiger partial charge in [-0.05, 0) is 37.9 Å². The minimum atomic E-state index is -0.0744. The van der Waals surface area contributed by atoms with Crippen molar-refractivity contribution in [3.05, 3.63) is 35.4 Å². The zero-order chi connectivity index (χ0) is 14.5. The number of likely N-dealkylation sites (N-methyl/N-ethyl adjacent to an activating group) is 1. The molecule has 0 spiro atoms. The van der Waals surface area contributed by atoms with E-state index >= 15 is 0 Å². The molecule has 4 heteroatoms. The van der Waals surface area contributed by atoms with Crippen molar-refractivity contribution in [2.45, 2.75) is 38.9 Å². The second-order valence-electron chi connectivity index (χ2n) is 5.65. The highest BCUT2D eigenvalue weighted by molar-refractivity contribution is 5.81. The van der Waals surface area contributed by atoms with Gasteiger partial charge < -0.3 is 10.6 Å². The lowest BCUT2D eigenvalue weighted by atomic mass is 10.1. The van der Waals surface area contributed by atoms with E-state index in [0.717, 1.165) is 38.0 Å². The molecule has 2 N–H and O–H groups in total. The van der Waals surface area contributed by atoms with Crippen molar-refractivity contribution in [1.82, 2.24) is 9.80 Å². The van der Waals surface area contributed by atoms with Crippen molar-refractivity contribution in [3.8, 4) is 0 Å². The lowest BCUT2D eigenvalue weighted by Crippen LogP contribution is -2.44. The van der Waals surface area contributed by atoms with Crippen molar-refractivity contribution in [2.24, 2.45) is 5.73 Å². The second-order valence-corrected chi connectivity index (χ2v) is 5.65. The Morgan fingerprint density at radius 1 is 1.35 bits per heavy atom. The molecule has 4 nitrogen and oxygen atoms in total.